The summed E-state index contributed by atoms with van der Waals surface area (Å²) >= 11 is 0. The molecule has 0 saturated heterocycles. The van der Waals surface area contributed by atoms with Crippen LogP contribution in [-0.2, 0) is 4.79 Å². The predicted octanol–water partition coefficient (Wildman–Crippen LogP) is 1.34. The number of rotatable bonds is 8. The molecule has 1 atom stereocenters. The van der Waals surface area contributed by atoms with Gasteiger partial charge >= 0.3 is 0 Å². The zero-order chi connectivity index (χ0) is 14.8. The lowest BCUT2D eigenvalue weighted by Crippen LogP contribution is -2.46. The lowest BCUT2D eigenvalue weighted by atomic mass is 10.2. The molecule has 0 aliphatic rings. The van der Waals surface area contributed by atoms with Crippen molar-refractivity contribution in [1.29, 1.82) is 0 Å². The van der Waals surface area contributed by atoms with Gasteiger partial charge in [0.05, 0.1) is 0 Å². The number of carbonyl (C=O) groups is 2. The molecule has 0 fully saturated rings. The van der Waals surface area contributed by atoms with Gasteiger partial charge in [0.15, 0.2) is 0 Å². The molecule has 0 saturated carbocycles. The summed E-state index contributed by atoms with van der Waals surface area (Å²) in [5.41, 5.74) is 0.553. The summed E-state index contributed by atoms with van der Waals surface area (Å²) in [6.07, 6.45) is 1.07. The molecule has 0 aliphatic heterocycles. The van der Waals surface area contributed by atoms with Crippen molar-refractivity contribution in [1.82, 2.24) is 16.0 Å². The van der Waals surface area contributed by atoms with Crippen molar-refractivity contribution in [3.8, 4) is 0 Å². The van der Waals surface area contributed by atoms with Crippen molar-refractivity contribution in [2.75, 3.05) is 19.6 Å². The van der Waals surface area contributed by atoms with E-state index >= 15 is 0 Å². The minimum Gasteiger partial charge on any atom is -0.353 e. The quantitative estimate of drug-likeness (QED) is 0.634. The van der Waals surface area contributed by atoms with Crippen LogP contribution in [0, 0.1) is 0 Å². The third-order valence-corrected chi connectivity index (χ3v) is 2.80. The summed E-state index contributed by atoms with van der Waals surface area (Å²) in [4.78, 5) is 23.7. The summed E-state index contributed by atoms with van der Waals surface area (Å²) in [5.74, 6) is -0.412. The first kappa shape index (κ1) is 19.4. The van der Waals surface area contributed by atoms with Gasteiger partial charge in [-0.05, 0) is 32.0 Å². The van der Waals surface area contributed by atoms with E-state index in [9.17, 15) is 9.59 Å². The highest BCUT2D eigenvalue weighted by molar-refractivity contribution is 5.97. The Bertz CT molecular complexity index is 426. The zero-order valence-corrected chi connectivity index (χ0v) is 13.3. The summed E-state index contributed by atoms with van der Waals surface area (Å²) < 4.78 is 0. The number of nitrogens with one attached hydrogen (secondary N) is 3. The molecule has 0 radical (unpaired) electrons. The first-order valence-electron chi connectivity index (χ1n) is 6.99. The van der Waals surface area contributed by atoms with Gasteiger partial charge in [0.2, 0.25) is 5.91 Å². The van der Waals surface area contributed by atoms with Crippen LogP contribution in [0.4, 0.5) is 0 Å². The van der Waals surface area contributed by atoms with Gasteiger partial charge in [-0.2, -0.15) is 0 Å². The van der Waals surface area contributed by atoms with Crippen LogP contribution in [0.2, 0.25) is 0 Å². The number of benzene rings is 1. The van der Waals surface area contributed by atoms with Crippen LogP contribution in [0.1, 0.15) is 30.6 Å². The van der Waals surface area contributed by atoms with Gasteiger partial charge in [-0.3, -0.25) is 9.59 Å². The highest BCUT2D eigenvalue weighted by atomic mass is 35.5. The van der Waals surface area contributed by atoms with E-state index in [0.29, 0.717) is 12.1 Å². The van der Waals surface area contributed by atoms with Crippen molar-refractivity contribution >= 4 is 24.2 Å². The molecule has 1 aromatic carbocycles. The Labute approximate surface area is 132 Å². The lowest BCUT2D eigenvalue weighted by Gasteiger charge is -2.14. The van der Waals surface area contributed by atoms with E-state index in [2.05, 4.69) is 22.9 Å². The van der Waals surface area contributed by atoms with E-state index in [0.717, 1.165) is 19.5 Å². The molecule has 1 rings (SSSR count). The first-order chi connectivity index (χ1) is 9.65. The van der Waals surface area contributed by atoms with Gasteiger partial charge < -0.3 is 16.0 Å². The van der Waals surface area contributed by atoms with Crippen molar-refractivity contribution < 1.29 is 9.59 Å². The van der Waals surface area contributed by atoms with Gasteiger partial charge in [-0.25, -0.2) is 0 Å². The van der Waals surface area contributed by atoms with Crippen LogP contribution < -0.4 is 16.0 Å². The van der Waals surface area contributed by atoms with Crippen LogP contribution in [0.5, 0.6) is 0 Å². The van der Waals surface area contributed by atoms with E-state index < -0.39 is 6.04 Å². The molecule has 21 heavy (non-hydrogen) atoms. The standard InChI is InChI=1S/C15H23N3O2.ClH/c1-3-9-16-10-11-17-14(19)12(2)18-15(20)13-7-5-4-6-8-13;/h4-8,12,16H,3,9-11H2,1-2H3,(H,17,19)(H,18,20);1H. The fraction of sp³-hybridized carbons (Fsp3) is 0.467. The molecule has 0 aromatic heterocycles. The molecular weight excluding hydrogens is 290 g/mol. The van der Waals surface area contributed by atoms with Crippen LogP contribution in [-0.4, -0.2) is 37.5 Å². The maximum atomic E-state index is 11.9. The fourth-order valence-corrected chi connectivity index (χ4v) is 1.66. The average Bonchev–Trinajstić information content (AvgIpc) is 2.47. The molecule has 1 aromatic rings. The minimum absolute atomic E-state index is 0. The Morgan fingerprint density at radius 2 is 1.76 bits per heavy atom. The number of amides is 2. The topological polar surface area (TPSA) is 70.2 Å². The van der Waals surface area contributed by atoms with Crippen molar-refractivity contribution in [3.05, 3.63) is 35.9 Å². The van der Waals surface area contributed by atoms with Gasteiger partial charge in [0, 0.05) is 18.7 Å². The molecule has 0 aliphatic carbocycles. The molecule has 0 bridgehead atoms. The molecule has 5 nitrogen and oxygen atoms in total. The van der Waals surface area contributed by atoms with E-state index in [1.807, 2.05) is 6.07 Å². The van der Waals surface area contributed by atoms with Crippen LogP contribution in [0.15, 0.2) is 30.3 Å². The Morgan fingerprint density at radius 1 is 1.10 bits per heavy atom. The third-order valence-electron chi connectivity index (χ3n) is 2.80. The minimum atomic E-state index is -0.547. The second-order valence-electron chi connectivity index (χ2n) is 4.60. The Morgan fingerprint density at radius 3 is 2.38 bits per heavy atom. The molecular formula is C15H24ClN3O2. The van der Waals surface area contributed by atoms with Gasteiger partial charge in [-0.15, -0.1) is 12.4 Å². The Balaban J connectivity index is 0.00000400. The van der Waals surface area contributed by atoms with E-state index in [1.54, 1.807) is 31.2 Å². The third kappa shape index (κ3) is 7.68. The van der Waals surface area contributed by atoms with Gasteiger partial charge in [0.25, 0.3) is 5.91 Å². The second-order valence-corrected chi connectivity index (χ2v) is 4.60. The summed E-state index contributed by atoms with van der Waals surface area (Å²) in [6, 6.07) is 8.31. The molecule has 2 amide bonds. The van der Waals surface area contributed by atoms with Gasteiger partial charge in [-0.1, -0.05) is 25.1 Å². The van der Waals surface area contributed by atoms with Crippen molar-refractivity contribution in [2.24, 2.45) is 0 Å². The molecule has 3 N–H and O–H groups in total. The maximum Gasteiger partial charge on any atom is 0.251 e. The van der Waals surface area contributed by atoms with Crippen molar-refractivity contribution in [3.63, 3.8) is 0 Å². The second kappa shape index (κ2) is 11.1. The van der Waals surface area contributed by atoms with E-state index in [4.69, 9.17) is 0 Å². The molecule has 0 heterocycles. The normalized spacial score (nSPS) is 11.1. The monoisotopic (exact) mass is 313 g/mol. The van der Waals surface area contributed by atoms with Crippen LogP contribution in [0.25, 0.3) is 0 Å². The number of carbonyl (C=O) groups excluding carboxylic acids is 2. The number of hydrogen-bond donors (Lipinski definition) is 3. The number of hydrogen-bond acceptors (Lipinski definition) is 3. The van der Waals surface area contributed by atoms with Crippen molar-refractivity contribution in [2.45, 2.75) is 26.3 Å². The van der Waals surface area contributed by atoms with Crippen LogP contribution in [0.3, 0.4) is 0 Å². The molecule has 118 valence electrons. The summed E-state index contributed by atoms with van der Waals surface area (Å²) in [6.45, 7) is 6.00. The first-order valence-corrected chi connectivity index (χ1v) is 6.99. The average molecular weight is 314 g/mol. The van der Waals surface area contributed by atoms with E-state index in [-0.39, 0.29) is 24.2 Å². The lowest BCUT2D eigenvalue weighted by molar-refractivity contribution is -0.122. The SMILES string of the molecule is CCCNCCNC(=O)C(C)NC(=O)c1ccccc1.Cl. The largest absolute Gasteiger partial charge is 0.353 e. The maximum absolute atomic E-state index is 11.9. The summed E-state index contributed by atoms with van der Waals surface area (Å²) in [5, 5.41) is 8.65. The highest BCUT2D eigenvalue weighted by Crippen LogP contribution is 1.98. The Kier molecular flexibility index (Phi) is 10.3. The highest BCUT2D eigenvalue weighted by Gasteiger charge is 2.15. The van der Waals surface area contributed by atoms with Crippen LogP contribution >= 0.6 is 12.4 Å². The summed E-state index contributed by atoms with van der Waals surface area (Å²) in [7, 11) is 0. The zero-order valence-electron chi connectivity index (χ0n) is 12.5. The molecule has 1 unspecified atom stereocenters. The van der Waals surface area contributed by atoms with E-state index in [1.165, 1.54) is 0 Å². The predicted molar refractivity (Wildman–Crippen MR) is 86.8 cm³/mol. The fourth-order valence-electron chi connectivity index (χ4n) is 1.66. The number of halogens is 1. The molecule has 0 spiro atoms. The molecule has 6 heteroatoms. The smallest absolute Gasteiger partial charge is 0.251 e. The Hall–Kier alpha value is -1.59. The van der Waals surface area contributed by atoms with Gasteiger partial charge in [0.1, 0.15) is 6.04 Å².